The largest absolute Gasteiger partial charge is 0.381 e. The standard InChI is InChI=1S/C16H23ClN2O4S/c1-19(24(21,22)15-7-5-14(17)6-8-15)11-16(20)18-9-2-10-23-12-13-3-4-13/h5-8,13H,2-4,9-12H2,1H3,(H,18,20). The number of benzene rings is 1. The molecule has 0 aliphatic heterocycles. The molecule has 1 saturated carbocycles. The molecular weight excluding hydrogens is 352 g/mol. The Balaban J connectivity index is 1.70. The maximum Gasteiger partial charge on any atom is 0.243 e. The highest BCUT2D eigenvalue weighted by molar-refractivity contribution is 7.89. The van der Waals surface area contributed by atoms with Gasteiger partial charge < -0.3 is 10.1 Å². The lowest BCUT2D eigenvalue weighted by molar-refractivity contribution is -0.121. The van der Waals surface area contributed by atoms with Crippen molar-refractivity contribution in [2.24, 2.45) is 5.92 Å². The fourth-order valence-electron chi connectivity index (χ4n) is 2.07. The number of hydrogen-bond acceptors (Lipinski definition) is 4. The van der Waals surface area contributed by atoms with Crippen LogP contribution in [0.4, 0.5) is 0 Å². The molecule has 134 valence electrons. The second-order valence-electron chi connectivity index (χ2n) is 5.94. The number of rotatable bonds is 10. The molecule has 0 heterocycles. The maximum atomic E-state index is 12.3. The van der Waals surface area contributed by atoms with Gasteiger partial charge in [-0.2, -0.15) is 4.31 Å². The van der Waals surface area contributed by atoms with Gasteiger partial charge in [0.25, 0.3) is 0 Å². The van der Waals surface area contributed by atoms with E-state index in [0.717, 1.165) is 16.8 Å². The molecule has 1 aromatic rings. The zero-order chi connectivity index (χ0) is 17.6. The molecule has 1 N–H and O–H groups in total. The molecule has 0 saturated heterocycles. The number of amides is 1. The van der Waals surface area contributed by atoms with Crippen LogP contribution in [0.1, 0.15) is 19.3 Å². The predicted molar refractivity (Wildman–Crippen MR) is 92.4 cm³/mol. The lowest BCUT2D eigenvalue weighted by atomic mass is 10.4. The monoisotopic (exact) mass is 374 g/mol. The van der Waals surface area contributed by atoms with Crippen molar-refractivity contribution in [2.75, 3.05) is 33.4 Å². The number of nitrogens with one attached hydrogen (secondary N) is 1. The summed E-state index contributed by atoms with van der Waals surface area (Å²) in [5, 5.41) is 3.16. The lowest BCUT2D eigenvalue weighted by Crippen LogP contribution is -2.38. The van der Waals surface area contributed by atoms with E-state index in [1.54, 1.807) is 0 Å². The van der Waals surface area contributed by atoms with Gasteiger partial charge in [-0.3, -0.25) is 4.79 Å². The van der Waals surface area contributed by atoms with E-state index in [4.69, 9.17) is 16.3 Å². The fourth-order valence-corrected chi connectivity index (χ4v) is 3.32. The Hall–Kier alpha value is -1.15. The third-order valence-corrected chi connectivity index (χ3v) is 5.80. The number of nitrogens with zero attached hydrogens (tertiary/aromatic N) is 1. The number of halogens is 1. The van der Waals surface area contributed by atoms with E-state index in [1.807, 2.05) is 0 Å². The molecule has 1 aliphatic rings. The molecular formula is C16H23ClN2O4S. The van der Waals surface area contributed by atoms with Crippen LogP contribution in [-0.2, 0) is 19.6 Å². The topological polar surface area (TPSA) is 75.7 Å². The van der Waals surface area contributed by atoms with Gasteiger partial charge in [0, 0.05) is 31.8 Å². The normalized spacial score (nSPS) is 14.8. The second-order valence-corrected chi connectivity index (χ2v) is 8.42. The van der Waals surface area contributed by atoms with Gasteiger partial charge in [-0.05, 0) is 49.4 Å². The van der Waals surface area contributed by atoms with Crippen LogP contribution < -0.4 is 5.32 Å². The summed E-state index contributed by atoms with van der Waals surface area (Å²) in [4.78, 5) is 12.0. The van der Waals surface area contributed by atoms with E-state index >= 15 is 0 Å². The Labute approximate surface area is 148 Å². The number of hydrogen-bond donors (Lipinski definition) is 1. The first-order valence-electron chi connectivity index (χ1n) is 7.96. The first kappa shape index (κ1) is 19.2. The van der Waals surface area contributed by atoms with E-state index in [9.17, 15) is 13.2 Å². The smallest absolute Gasteiger partial charge is 0.243 e. The molecule has 0 radical (unpaired) electrons. The molecule has 0 spiro atoms. The number of ether oxygens (including phenoxy) is 1. The number of sulfonamides is 1. The Morgan fingerprint density at radius 3 is 2.62 bits per heavy atom. The zero-order valence-electron chi connectivity index (χ0n) is 13.7. The van der Waals surface area contributed by atoms with E-state index < -0.39 is 10.0 Å². The molecule has 0 bridgehead atoms. The predicted octanol–water partition coefficient (Wildman–Crippen LogP) is 1.89. The molecule has 0 atom stereocenters. The fraction of sp³-hybridized carbons (Fsp3) is 0.562. The summed E-state index contributed by atoms with van der Waals surface area (Å²) in [5.74, 6) is 0.392. The van der Waals surface area contributed by atoms with Crippen LogP contribution in [-0.4, -0.2) is 52.0 Å². The van der Waals surface area contributed by atoms with Gasteiger partial charge in [0.15, 0.2) is 0 Å². The number of carbonyl (C=O) groups excluding carboxylic acids is 1. The average Bonchev–Trinajstić information content (AvgIpc) is 3.35. The highest BCUT2D eigenvalue weighted by Crippen LogP contribution is 2.28. The van der Waals surface area contributed by atoms with E-state index in [0.29, 0.717) is 24.6 Å². The van der Waals surface area contributed by atoms with Crippen molar-refractivity contribution in [3.8, 4) is 0 Å². The van der Waals surface area contributed by atoms with Gasteiger partial charge in [0.05, 0.1) is 11.4 Å². The summed E-state index contributed by atoms with van der Waals surface area (Å²) in [7, 11) is -2.33. The Bertz CT molecular complexity index is 645. The van der Waals surface area contributed by atoms with Crippen molar-refractivity contribution < 1.29 is 17.9 Å². The molecule has 6 nitrogen and oxygen atoms in total. The molecule has 1 aliphatic carbocycles. The molecule has 1 fully saturated rings. The Kier molecular flexibility index (Phi) is 7.03. The first-order chi connectivity index (χ1) is 11.4. The van der Waals surface area contributed by atoms with Gasteiger partial charge in [-0.1, -0.05) is 11.6 Å². The van der Waals surface area contributed by atoms with Crippen LogP contribution in [0.2, 0.25) is 5.02 Å². The summed E-state index contributed by atoms with van der Waals surface area (Å²) >= 11 is 5.76. The highest BCUT2D eigenvalue weighted by atomic mass is 35.5. The zero-order valence-corrected chi connectivity index (χ0v) is 15.3. The summed E-state index contributed by atoms with van der Waals surface area (Å²) in [6.45, 7) is 1.65. The number of carbonyl (C=O) groups is 1. The molecule has 0 aromatic heterocycles. The van der Waals surface area contributed by atoms with E-state index in [2.05, 4.69) is 5.32 Å². The lowest BCUT2D eigenvalue weighted by Gasteiger charge is -2.17. The molecule has 0 unspecified atom stereocenters. The van der Waals surface area contributed by atoms with Crippen LogP contribution in [0, 0.1) is 5.92 Å². The third-order valence-electron chi connectivity index (χ3n) is 3.73. The van der Waals surface area contributed by atoms with Crippen molar-refractivity contribution >= 4 is 27.5 Å². The minimum atomic E-state index is -3.70. The van der Waals surface area contributed by atoms with Crippen molar-refractivity contribution in [2.45, 2.75) is 24.2 Å². The molecule has 1 aromatic carbocycles. The minimum absolute atomic E-state index is 0.107. The molecule has 2 rings (SSSR count). The summed E-state index contributed by atoms with van der Waals surface area (Å²) in [5.41, 5.74) is 0. The Morgan fingerprint density at radius 2 is 2.00 bits per heavy atom. The molecule has 24 heavy (non-hydrogen) atoms. The van der Waals surface area contributed by atoms with Gasteiger partial charge in [0.1, 0.15) is 0 Å². The van der Waals surface area contributed by atoms with Gasteiger partial charge in [-0.25, -0.2) is 8.42 Å². The molecule has 8 heteroatoms. The summed E-state index contributed by atoms with van der Waals surface area (Å²) < 4.78 is 31.2. The number of likely N-dealkylation sites (N-methyl/N-ethyl adjacent to an activating group) is 1. The first-order valence-corrected chi connectivity index (χ1v) is 9.78. The van der Waals surface area contributed by atoms with Crippen molar-refractivity contribution in [1.29, 1.82) is 0 Å². The van der Waals surface area contributed by atoms with Crippen LogP contribution in [0.25, 0.3) is 0 Å². The van der Waals surface area contributed by atoms with Crippen LogP contribution >= 0.6 is 11.6 Å². The SMILES string of the molecule is CN(CC(=O)NCCCOCC1CC1)S(=O)(=O)c1ccc(Cl)cc1. The Morgan fingerprint density at radius 1 is 1.33 bits per heavy atom. The highest BCUT2D eigenvalue weighted by Gasteiger charge is 2.23. The van der Waals surface area contributed by atoms with Crippen LogP contribution in [0.5, 0.6) is 0 Å². The maximum absolute atomic E-state index is 12.3. The van der Waals surface area contributed by atoms with Crippen LogP contribution in [0.3, 0.4) is 0 Å². The van der Waals surface area contributed by atoms with Gasteiger partial charge in [0.2, 0.25) is 15.9 Å². The van der Waals surface area contributed by atoms with E-state index in [-0.39, 0.29) is 17.3 Å². The molecule has 1 amide bonds. The van der Waals surface area contributed by atoms with Crippen molar-refractivity contribution in [3.63, 3.8) is 0 Å². The minimum Gasteiger partial charge on any atom is -0.381 e. The van der Waals surface area contributed by atoms with Gasteiger partial charge >= 0.3 is 0 Å². The quantitative estimate of drug-likeness (QED) is 0.634. The van der Waals surface area contributed by atoms with Crippen molar-refractivity contribution in [1.82, 2.24) is 9.62 Å². The average molecular weight is 375 g/mol. The van der Waals surface area contributed by atoms with Crippen molar-refractivity contribution in [3.05, 3.63) is 29.3 Å². The third kappa shape index (κ3) is 6.05. The van der Waals surface area contributed by atoms with E-state index in [1.165, 1.54) is 44.2 Å². The summed E-state index contributed by atoms with van der Waals surface area (Å²) in [6, 6.07) is 5.85. The second kappa shape index (κ2) is 8.80. The van der Waals surface area contributed by atoms with Gasteiger partial charge in [-0.15, -0.1) is 0 Å². The van der Waals surface area contributed by atoms with Crippen LogP contribution in [0.15, 0.2) is 29.2 Å². The summed E-state index contributed by atoms with van der Waals surface area (Å²) in [6.07, 6.45) is 3.22.